The number of carbonyl (C=O) groups is 3. The van der Waals surface area contributed by atoms with Crippen molar-refractivity contribution in [2.45, 2.75) is 12.5 Å². The van der Waals surface area contributed by atoms with Crippen molar-refractivity contribution in [1.82, 2.24) is 15.1 Å². The number of piperazine rings is 2. The Hall–Kier alpha value is -3.81. The molecule has 0 unspecified atom stereocenters. The fraction of sp³-hybridized carbons (Fsp3) is 0.346. The molecular weight excluding hydrogens is 432 g/mol. The number of anilines is 1. The predicted molar refractivity (Wildman–Crippen MR) is 130 cm³/mol. The van der Waals surface area contributed by atoms with Gasteiger partial charge in [0.2, 0.25) is 17.7 Å². The van der Waals surface area contributed by atoms with Gasteiger partial charge >= 0.3 is 0 Å². The zero-order valence-electron chi connectivity index (χ0n) is 19.4. The number of amides is 3. The fourth-order valence-electron chi connectivity index (χ4n) is 4.39. The molecule has 8 heteroatoms. The topological polar surface area (TPSA) is 82.2 Å². The molecule has 2 heterocycles. The second kappa shape index (κ2) is 10.9. The highest BCUT2D eigenvalue weighted by Crippen LogP contribution is 2.20. The van der Waals surface area contributed by atoms with Gasteiger partial charge in [-0.15, -0.1) is 0 Å². The molecule has 2 aliphatic rings. The van der Waals surface area contributed by atoms with E-state index >= 15 is 0 Å². The van der Waals surface area contributed by atoms with Gasteiger partial charge in [-0.25, -0.2) is 0 Å². The highest BCUT2D eigenvalue weighted by atomic mass is 16.5. The maximum Gasteiger partial charge on any atom is 0.247 e. The molecule has 1 N–H and O–H groups in total. The predicted octanol–water partition coefficient (Wildman–Crippen LogP) is 1.77. The van der Waals surface area contributed by atoms with E-state index in [1.165, 1.54) is 11.0 Å². The Balaban J connectivity index is 1.38. The number of nitrogens with one attached hydrogen (secondary N) is 1. The number of para-hydroxylation sites is 2. The summed E-state index contributed by atoms with van der Waals surface area (Å²) in [5.41, 5.74) is 1.91. The van der Waals surface area contributed by atoms with E-state index in [1.54, 1.807) is 18.1 Å². The van der Waals surface area contributed by atoms with Crippen molar-refractivity contribution in [2.24, 2.45) is 0 Å². The van der Waals surface area contributed by atoms with Crippen LogP contribution in [0.15, 0.2) is 60.7 Å². The molecule has 1 atom stereocenters. The summed E-state index contributed by atoms with van der Waals surface area (Å²) in [5, 5.41) is 2.79. The molecular formula is C26H30N4O4. The molecule has 0 radical (unpaired) electrons. The van der Waals surface area contributed by atoms with E-state index < -0.39 is 6.04 Å². The van der Waals surface area contributed by atoms with Crippen LogP contribution in [0.25, 0.3) is 6.08 Å². The summed E-state index contributed by atoms with van der Waals surface area (Å²) in [7, 11) is 1.57. The highest BCUT2D eigenvalue weighted by molar-refractivity contribution is 5.98. The first-order valence-corrected chi connectivity index (χ1v) is 11.5. The minimum Gasteiger partial charge on any atom is -0.496 e. The van der Waals surface area contributed by atoms with E-state index in [1.807, 2.05) is 42.5 Å². The number of benzene rings is 2. The molecule has 4 rings (SSSR count). The molecule has 8 nitrogen and oxygen atoms in total. The smallest absolute Gasteiger partial charge is 0.247 e. The van der Waals surface area contributed by atoms with Gasteiger partial charge in [-0.2, -0.15) is 0 Å². The standard InChI is InChI=1S/C26H30N4O4/c1-34-23-10-6-5-7-20(23)11-12-24(31)30-14-13-27-26(33)22(30)19-25(32)29-17-15-28(16-18-29)21-8-3-2-4-9-21/h2-12,22H,13-19H2,1H3,(H,27,33)/b12-11+/t22-/m0/s1. The van der Waals surface area contributed by atoms with Crippen molar-refractivity contribution in [1.29, 1.82) is 0 Å². The van der Waals surface area contributed by atoms with Crippen LogP contribution < -0.4 is 15.0 Å². The molecule has 0 spiro atoms. The van der Waals surface area contributed by atoms with E-state index in [0.29, 0.717) is 31.9 Å². The van der Waals surface area contributed by atoms with Crippen LogP contribution in [-0.2, 0) is 14.4 Å². The van der Waals surface area contributed by atoms with Crippen molar-refractivity contribution in [3.8, 4) is 5.75 Å². The van der Waals surface area contributed by atoms with Crippen LogP contribution in [0.4, 0.5) is 5.69 Å². The van der Waals surface area contributed by atoms with Crippen molar-refractivity contribution >= 4 is 29.5 Å². The number of hydrogen-bond acceptors (Lipinski definition) is 5. The molecule has 178 valence electrons. The van der Waals surface area contributed by atoms with Crippen LogP contribution in [0.5, 0.6) is 5.75 Å². The molecule has 2 aromatic rings. The number of hydrogen-bond donors (Lipinski definition) is 1. The van der Waals surface area contributed by atoms with E-state index in [0.717, 1.165) is 24.3 Å². The summed E-state index contributed by atoms with van der Waals surface area (Å²) < 4.78 is 5.32. The molecule has 3 amide bonds. The zero-order chi connectivity index (χ0) is 23.9. The molecule has 0 bridgehead atoms. The molecule has 2 saturated heterocycles. The van der Waals surface area contributed by atoms with Gasteiger partial charge in [-0.1, -0.05) is 36.4 Å². The van der Waals surface area contributed by atoms with Crippen LogP contribution in [0, 0.1) is 0 Å². The average Bonchev–Trinajstić information content (AvgIpc) is 2.89. The number of rotatable bonds is 6. The summed E-state index contributed by atoms with van der Waals surface area (Å²) in [6.45, 7) is 3.37. The van der Waals surface area contributed by atoms with Gasteiger partial charge in [0.15, 0.2) is 0 Å². The van der Waals surface area contributed by atoms with Gasteiger partial charge in [0.25, 0.3) is 0 Å². The Morgan fingerprint density at radius 2 is 1.71 bits per heavy atom. The van der Waals surface area contributed by atoms with Crippen LogP contribution in [0.1, 0.15) is 12.0 Å². The van der Waals surface area contributed by atoms with E-state index in [-0.39, 0.29) is 24.1 Å². The monoisotopic (exact) mass is 462 g/mol. The number of ether oxygens (including phenoxy) is 1. The fourth-order valence-corrected chi connectivity index (χ4v) is 4.39. The van der Waals surface area contributed by atoms with Crippen LogP contribution >= 0.6 is 0 Å². The third kappa shape index (κ3) is 5.39. The molecule has 34 heavy (non-hydrogen) atoms. The normalized spacial score (nSPS) is 18.7. The Labute approximate surface area is 199 Å². The SMILES string of the molecule is COc1ccccc1/C=C/C(=O)N1CCNC(=O)[C@@H]1CC(=O)N1CCN(c2ccccc2)CC1. The summed E-state index contributed by atoms with van der Waals surface area (Å²) in [5.74, 6) is -0.0420. The minimum atomic E-state index is -0.816. The molecule has 0 aliphatic carbocycles. The molecule has 0 aromatic heterocycles. The number of nitrogens with zero attached hydrogens (tertiary/aromatic N) is 3. The first-order valence-electron chi connectivity index (χ1n) is 11.5. The van der Waals surface area contributed by atoms with Crippen molar-refractivity contribution in [3.05, 3.63) is 66.2 Å². The number of carbonyl (C=O) groups excluding carboxylic acids is 3. The van der Waals surface area contributed by atoms with Gasteiger partial charge in [0.1, 0.15) is 11.8 Å². The van der Waals surface area contributed by atoms with Gasteiger partial charge < -0.3 is 24.8 Å². The van der Waals surface area contributed by atoms with Gasteiger partial charge in [-0.3, -0.25) is 14.4 Å². The Morgan fingerprint density at radius 3 is 2.44 bits per heavy atom. The Bertz CT molecular complexity index is 1050. The zero-order valence-corrected chi connectivity index (χ0v) is 19.4. The first-order chi connectivity index (χ1) is 16.6. The molecule has 2 aromatic carbocycles. The Kier molecular flexibility index (Phi) is 7.47. The lowest BCUT2D eigenvalue weighted by Crippen LogP contribution is -2.59. The lowest BCUT2D eigenvalue weighted by molar-refractivity contribution is -0.144. The molecule has 0 saturated carbocycles. The van der Waals surface area contributed by atoms with Crippen LogP contribution in [0.3, 0.4) is 0 Å². The second-order valence-electron chi connectivity index (χ2n) is 8.32. The number of methoxy groups -OCH3 is 1. The Morgan fingerprint density at radius 1 is 1.00 bits per heavy atom. The highest BCUT2D eigenvalue weighted by Gasteiger charge is 2.35. The average molecular weight is 463 g/mol. The van der Waals surface area contributed by atoms with Crippen molar-refractivity contribution in [3.63, 3.8) is 0 Å². The molecule has 2 fully saturated rings. The second-order valence-corrected chi connectivity index (χ2v) is 8.32. The van der Waals surface area contributed by atoms with E-state index in [9.17, 15) is 14.4 Å². The maximum absolute atomic E-state index is 13.0. The van der Waals surface area contributed by atoms with Crippen molar-refractivity contribution < 1.29 is 19.1 Å². The van der Waals surface area contributed by atoms with Crippen molar-refractivity contribution in [2.75, 3.05) is 51.3 Å². The van der Waals surface area contributed by atoms with Gasteiger partial charge in [-0.05, 0) is 24.3 Å². The third-order valence-corrected chi connectivity index (χ3v) is 6.28. The lowest BCUT2D eigenvalue weighted by Gasteiger charge is -2.38. The van der Waals surface area contributed by atoms with Gasteiger partial charge in [0.05, 0.1) is 13.5 Å². The summed E-state index contributed by atoms with van der Waals surface area (Å²) in [6.07, 6.45) is 3.09. The third-order valence-electron chi connectivity index (χ3n) is 6.28. The van der Waals surface area contributed by atoms with Gasteiger partial charge in [0, 0.05) is 56.6 Å². The quantitative estimate of drug-likeness (QED) is 0.662. The maximum atomic E-state index is 13.0. The molecule has 2 aliphatic heterocycles. The van der Waals surface area contributed by atoms with Crippen LogP contribution in [0.2, 0.25) is 0 Å². The summed E-state index contributed by atoms with van der Waals surface area (Å²) in [4.78, 5) is 44.1. The first kappa shape index (κ1) is 23.4. The van der Waals surface area contributed by atoms with E-state index in [4.69, 9.17) is 4.74 Å². The van der Waals surface area contributed by atoms with Crippen LogP contribution in [-0.4, -0.2) is 79.9 Å². The largest absolute Gasteiger partial charge is 0.496 e. The lowest BCUT2D eigenvalue weighted by atomic mass is 10.1. The summed E-state index contributed by atoms with van der Waals surface area (Å²) >= 11 is 0. The summed E-state index contributed by atoms with van der Waals surface area (Å²) in [6, 6.07) is 16.7. The minimum absolute atomic E-state index is 0.0224. The van der Waals surface area contributed by atoms with E-state index in [2.05, 4.69) is 22.3 Å².